The van der Waals surface area contributed by atoms with Crippen LogP contribution in [0, 0.1) is 11.6 Å². The molecule has 2 aromatic carbocycles. The van der Waals surface area contributed by atoms with Gasteiger partial charge in [-0.05, 0) is 29.8 Å². The van der Waals surface area contributed by atoms with Crippen molar-refractivity contribution < 1.29 is 13.5 Å². The smallest absolute Gasteiger partial charge is 0.137 e. The fourth-order valence-corrected chi connectivity index (χ4v) is 2.84. The minimum Gasteiger partial charge on any atom is -0.383 e. The molecule has 1 N–H and O–H groups in total. The second-order valence-corrected chi connectivity index (χ2v) is 5.54. The van der Waals surface area contributed by atoms with E-state index in [1.54, 1.807) is 25.3 Å². The Labute approximate surface area is 127 Å². The first-order valence-corrected chi connectivity index (χ1v) is 7.43. The molecule has 0 radical (unpaired) electrons. The van der Waals surface area contributed by atoms with Gasteiger partial charge in [0.25, 0.3) is 0 Å². The first-order valence-electron chi connectivity index (χ1n) is 6.61. The van der Waals surface area contributed by atoms with Crippen LogP contribution in [0.1, 0.15) is 5.56 Å². The molecule has 5 heteroatoms. The maximum Gasteiger partial charge on any atom is 0.137 e. The fraction of sp³-hybridized carbons (Fsp3) is 0.250. The van der Waals surface area contributed by atoms with Crippen LogP contribution in [0.3, 0.4) is 0 Å². The van der Waals surface area contributed by atoms with Gasteiger partial charge in [-0.3, -0.25) is 0 Å². The van der Waals surface area contributed by atoms with Crippen LogP contribution < -0.4 is 5.32 Å². The molecule has 0 unspecified atom stereocenters. The molecule has 2 nitrogen and oxygen atoms in total. The van der Waals surface area contributed by atoms with Gasteiger partial charge >= 0.3 is 0 Å². The van der Waals surface area contributed by atoms with Crippen LogP contribution in [0.15, 0.2) is 52.3 Å². The normalized spacial score (nSPS) is 10.8. The number of ether oxygens (including phenoxy) is 1. The van der Waals surface area contributed by atoms with Gasteiger partial charge < -0.3 is 10.1 Å². The zero-order valence-corrected chi connectivity index (χ0v) is 12.6. The average Bonchev–Trinajstić information content (AvgIpc) is 2.47. The van der Waals surface area contributed by atoms with Crippen molar-refractivity contribution in [1.29, 1.82) is 0 Å². The molecule has 21 heavy (non-hydrogen) atoms. The number of methoxy groups -OCH3 is 1. The molecule has 0 aromatic heterocycles. The average molecular weight is 309 g/mol. The fourth-order valence-electron chi connectivity index (χ4n) is 1.85. The Kier molecular flexibility index (Phi) is 6.17. The lowest BCUT2D eigenvalue weighted by molar-refractivity contribution is 0.199. The van der Waals surface area contributed by atoms with Crippen LogP contribution in [0.4, 0.5) is 8.78 Å². The number of hydrogen-bond donors (Lipinski definition) is 1. The predicted octanol–water partition coefficient (Wildman–Crippen LogP) is 3.85. The van der Waals surface area contributed by atoms with Gasteiger partial charge in [0.05, 0.1) is 11.5 Å². The van der Waals surface area contributed by atoms with E-state index in [9.17, 15) is 8.78 Å². The lowest BCUT2D eigenvalue weighted by Gasteiger charge is -2.11. The third-order valence-electron chi connectivity index (χ3n) is 2.86. The minimum atomic E-state index is -0.323. The topological polar surface area (TPSA) is 21.3 Å². The number of rotatable bonds is 7. The number of halogens is 2. The van der Waals surface area contributed by atoms with E-state index in [0.29, 0.717) is 29.5 Å². The van der Waals surface area contributed by atoms with Crippen LogP contribution >= 0.6 is 11.8 Å². The Morgan fingerprint density at radius 1 is 1.14 bits per heavy atom. The molecule has 0 heterocycles. The Morgan fingerprint density at radius 3 is 2.71 bits per heavy atom. The molecule has 0 amide bonds. The molecular formula is C16H17F2NOS. The second-order valence-electron chi connectivity index (χ2n) is 4.46. The summed E-state index contributed by atoms with van der Waals surface area (Å²) in [6, 6.07) is 11.1. The molecule has 0 saturated carbocycles. The molecule has 0 aliphatic carbocycles. The second kappa shape index (κ2) is 8.12. The Bertz CT molecular complexity index is 592. The molecule has 112 valence electrons. The van der Waals surface area contributed by atoms with E-state index in [2.05, 4.69) is 5.32 Å². The van der Waals surface area contributed by atoms with Crippen molar-refractivity contribution in [2.24, 2.45) is 0 Å². The summed E-state index contributed by atoms with van der Waals surface area (Å²) in [6.07, 6.45) is 0. The lowest BCUT2D eigenvalue weighted by atomic mass is 10.2. The Hall–Kier alpha value is -1.43. The first-order chi connectivity index (χ1) is 10.2. The van der Waals surface area contributed by atoms with Gasteiger partial charge in [0.2, 0.25) is 0 Å². The molecule has 0 saturated heterocycles. The van der Waals surface area contributed by atoms with Gasteiger partial charge in [-0.15, -0.1) is 0 Å². The summed E-state index contributed by atoms with van der Waals surface area (Å²) in [6.45, 7) is 1.83. The van der Waals surface area contributed by atoms with Crippen molar-refractivity contribution in [3.8, 4) is 0 Å². The lowest BCUT2D eigenvalue weighted by Crippen LogP contribution is -2.19. The number of benzene rings is 2. The molecule has 0 fully saturated rings. The van der Waals surface area contributed by atoms with Crippen LogP contribution in [-0.4, -0.2) is 20.3 Å². The predicted molar refractivity (Wildman–Crippen MR) is 80.5 cm³/mol. The molecule has 0 atom stereocenters. The zero-order chi connectivity index (χ0) is 15.1. The molecule has 0 aliphatic heterocycles. The van der Waals surface area contributed by atoms with Crippen molar-refractivity contribution in [3.63, 3.8) is 0 Å². The van der Waals surface area contributed by atoms with Gasteiger partial charge in [-0.2, -0.15) is 0 Å². The number of nitrogens with one attached hydrogen (secondary N) is 1. The third-order valence-corrected chi connectivity index (χ3v) is 4.01. The van der Waals surface area contributed by atoms with Gasteiger partial charge in [0.15, 0.2) is 0 Å². The van der Waals surface area contributed by atoms with Crippen LogP contribution in [0.25, 0.3) is 0 Å². The zero-order valence-electron chi connectivity index (χ0n) is 11.7. The van der Waals surface area contributed by atoms with Gasteiger partial charge in [-0.25, -0.2) is 8.78 Å². The van der Waals surface area contributed by atoms with E-state index in [1.165, 1.54) is 30.0 Å². The SMILES string of the molecule is COCCNCc1cccc(F)c1Sc1cccc(F)c1. The number of hydrogen-bond acceptors (Lipinski definition) is 3. The molecule has 2 rings (SSSR count). The highest BCUT2D eigenvalue weighted by molar-refractivity contribution is 7.99. The maximum absolute atomic E-state index is 14.0. The highest BCUT2D eigenvalue weighted by Crippen LogP contribution is 2.33. The van der Waals surface area contributed by atoms with E-state index in [1.807, 2.05) is 6.07 Å². The summed E-state index contributed by atoms with van der Waals surface area (Å²) in [4.78, 5) is 1.20. The van der Waals surface area contributed by atoms with Crippen molar-refractivity contribution >= 4 is 11.8 Å². The summed E-state index contributed by atoms with van der Waals surface area (Å²) in [5.74, 6) is -0.619. The largest absolute Gasteiger partial charge is 0.383 e. The van der Waals surface area contributed by atoms with Gasteiger partial charge in [0.1, 0.15) is 11.6 Å². The van der Waals surface area contributed by atoms with Crippen molar-refractivity contribution in [2.75, 3.05) is 20.3 Å². The summed E-state index contributed by atoms with van der Waals surface area (Å²) >= 11 is 1.23. The van der Waals surface area contributed by atoms with Gasteiger partial charge in [-0.1, -0.05) is 30.0 Å². The van der Waals surface area contributed by atoms with E-state index >= 15 is 0 Å². The van der Waals surface area contributed by atoms with E-state index in [-0.39, 0.29) is 11.6 Å². The Morgan fingerprint density at radius 2 is 1.95 bits per heavy atom. The Balaban J connectivity index is 2.13. The monoisotopic (exact) mass is 309 g/mol. The van der Waals surface area contributed by atoms with Gasteiger partial charge in [0, 0.05) is 25.1 Å². The van der Waals surface area contributed by atoms with Crippen LogP contribution in [0.5, 0.6) is 0 Å². The molecule has 0 bridgehead atoms. The van der Waals surface area contributed by atoms with Crippen LogP contribution in [-0.2, 0) is 11.3 Å². The van der Waals surface area contributed by atoms with Crippen LogP contribution in [0.2, 0.25) is 0 Å². The molecule has 0 aliphatic rings. The van der Waals surface area contributed by atoms with E-state index < -0.39 is 0 Å². The standard InChI is InChI=1S/C16H17F2NOS/c1-20-9-8-19-11-12-4-2-7-15(18)16(12)21-14-6-3-5-13(17)10-14/h2-7,10,19H,8-9,11H2,1H3. The summed E-state index contributed by atoms with van der Waals surface area (Å²) in [5.41, 5.74) is 0.848. The van der Waals surface area contributed by atoms with E-state index in [4.69, 9.17) is 4.74 Å². The van der Waals surface area contributed by atoms with Crippen molar-refractivity contribution in [1.82, 2.24) is 5.32 Å². The first kappa shape index (κ1) is 15.9. The molecule has 2 aromatic rings. The maximum atomic E-state index is 14.0. The highest BCUT2D eigenvalue weighted by atomic mass is 32.2. The highest BCUT2D eigenvalue weighted by Gasteiger charge is 2.10. The summed E-state index contributed by atoms with van der Waals surface area (Å²) < 4.78 is 32.2. The van der Waals surface area contributed by atoms with E-state index in [0.717, 1.165) is 5.56 Å². The minimum absolute atomic E-state index is 0.296. The quantitative estimate of drug-likeness (QED) is 0.785. The molecule has 0 spiro atoms. The summed E-state index contributed by atoms with van der Waals surface area (Å²) in [5, 5.41) is 3.19. The van der Waals surface area contributed by atoms with Crippen molar-refractivity contribution in [2.45, 2.75) is 16.3 Å². The summed E-state index contributed by atoms with van der Waals surface area (Å²) in [7, 11) is 1.63. The van der Waals surface area contributed by atoms with Crippen molar-refractivity contribution in [3.05, 3.63) is 59.7 Å². The molecular weight excluding hydrogens is 292 g/mol. The third kappa shape index (κ3) is 4.81.